The van der Waals surface area contributed by atoms with Crippen molar-refractivity contribution in [2.45, 2.75) is 18.9 Å². The normalized spacial score (nSPS) is 18.1. The molecule has 1 aliphatic rings. The summed E-state index contributed by atoms with van der Waals surface area (Å²) in [5.74, 6) is 0.707. The fourth-order valence-corrected chi connectivity index (χ4v) is 3.21. The summed E-state index contributed by atoms with van der Waals surface area (Å²) in [6, 6.07) is 5.40. The number of rotatable bonds is 2. The van der Waals surface area contributed by atoms with Crippen LogP contribution in [0.2, 0.25) is 5.02 Å². The SMILES string of the molecule is O=c1c2c(Cl)cccc2nc(C2CCCN2)n1-c1cn[nH]c1. The van der Waals surface area contributed by atoms with Crippen LogP contribution in [0.5, 0.6) is 0 Å². The summed E-state index contributed by atoms with van der Waals surface area (Å²) < 4.78 is 1.60. The maximum atomic E-state index is 13.0. The molecule has 2 N–H and O–H groups in total. The van der Waals surface area contributed by atoms with Gasteiger partial charge >= 0.3 is 0 Å². The highest BCUT2D eigenvalue weighted by atomic mass is 35.5. The Morgan fingerprint density at radius 3 is 3.00 bits per heavy atom. The van der Waals surface area contributed by atoms with Crippen LogP contribution in [0, 0.1) is 0 Å². The first-order valence-corrected chi connectivity index (χ1v) is 7.57. The lowest BCUT2D eigenvalue weighted by molar-refractivity contribution is 0.584. The van der Waals surface area contributed by atoms with Crippen LogP contribution in [0.25, 0.3) is 16.6 Å². The van der Waals surface area contributed by atoms with Crippen LogP contribution in [-0.4, -0.2) is 26.3 Å². The number of hydrogen-bond acceptors (Lipinski definition) is 4. The van der Waals surface area contributed by atoms with Crippen LogP contribution in [0.15, 0.2) is 35.4 Å². The van der Waals surface area contributed by atoms with E-state index in [0.717, 1.165) is 19.4 Å². The third kappa shape index (κ3) is 2.03. The lowest BCUT2D eigenvalue weighted by Crippen LogP contribution is -2.28. The molecule has 0 spiro atoms. The summed E-state index contributed by atoms with van der Waals surface area (Å²) >= 11 is 6.22. The van der Waals surface area contributed by atoms with Gasteiger partial charge in [0.1, 0.15) is 5.82 Å². The van der Waals surface area contributed by atoms with Gasteiger partial charge in [0, 0.05) is 6.20 Å². The maximum Gasteiger partial charge on any atom is 0.267 e. The topological polar surface area (TPSA) is 75.6 Å². The Kier molecular flexibility index (Phi) is 3.20. The van der Waals surface area contributed by atoms with Gasteiger partial charge in [-0.05, 0) is 31.5 Å². The van der Waals surface area contributed by atoms with Gasteiger partial charge in [0.15, 0.2) is 0 Å². The third-order valence-corrected chi connectivity index (χ3v) is 4.30. The van der Waals surface area contributed by atoms with Crippen LogP contribution >= 0.6 is 11.6 Å². The Morgan fingerprint density at radius 2 is 2.27 bits per heavy atom. The number of halogens is 1. The van der Waals surface area contributed by atoms with E-state index in [4.69, 9.17) is 16.6 Å². The van der Waals surface area contributed by atoms with Gasteiger partial charge in [-0.2, -0.15) is 5.10 Å². The summed E-state index contributed by atoms with van der Waals surface area (Å²) in [5, 5.41) is 10.9. The van der Waals surface area contributed by atoms with Crippen molar-refractivity contribution in [1.29, 1.82) is 0 Å². The molecule has 3 aromatic rings. The van der Waals surface area contributed by atoms with Crippen LogP contribution < -0.4 is 10.9 Å². The molecule has 112 valence electrons. The van der Waals surface area contributed by atoms with Crippen molar-refractivity contribution >= 4 is 22.5 Å². The number of nitrogens with one attached hydrogen (secondary N) is 2. The van der Waals surface area contributed by atoms with E-state index in [1.807, 2.05) is 12.1 Å². The Hall–Kier alpha value is -2.18. The minimum Gasteiger partial charge on any atom is -0.307 e. The zero-order valence-electron chi connectivity index (χ0n) is 11.7. The Morgan fingerprint density at radius 1 is 1.36 bits per heavy atom. The van der Waals surface area contributed by atoms with E-state index in [9.17, 15) is 4.79 Å². The molecule has 2 aromatic heterocycles. The van der Waals surface area contributed by atoms with E-state index >= 15 is 0 Å². The molecule has 3 heterocycles. The number of nitrogens with zero attached hydrogens (tertiary/aromatic N) is 3. The second-order valence-corrected chi connectivity index (χ2v) is 5.76. The van der Waals surface area contributed by atoms with Crippen molar-refractivity contribution in [2.75, 3.05) is 6.54 Å². The highest BCUT2D eigenvalue weighted by Crippen LogP contribution is 2.26. The third-order valence-electron chi connectivity index (χ3n) is 3.99. The molecule has 1 fully saturated rings. The smallest absolute Gasteiger partial charge is 0.267 e. The Bertz CT molecular complexity index is 881. The largest absolute Gasteiger partial charge is 0.307 e. The molecule has 0 bridgehead atoms. The van der Waals surface area contributed by atoms with Crippen molar-refractivity contribution in [3.8, 4) is 5.69 Å². The van der Waals surface area contributed by atoms with Crippen molar-refractivity contribution < 1.29 is 0 Å². The van der Waals surface area contributed by atoms with Gasteiger partial charge in [-0.3, -0.25) is 14.5 Å². The highest BCUT2D eigenvalue weighted by Gasteiger charge is 2.24. The number of benzene rings is 1. The minimum absolute atomic E-state index is 0.0611. The Labute approximate surface area is 131 Å². The van der Waals surface area contributed by atoms with Gasteiger partial charge < -0.3 is 5.32 Å². The van der Waals surface area contributed by atoms with Gasteiger partial charge in [0.25, 0.3) is 5.56 Å². The van der Waals surface area contributed by atoms with Crippen LogP contribution in [0.1, 0.15) is 24.7 Å². The first-order valence-electron chi connectivity index (χ1n) is 7.19. The summed E-state index contributed by atoms with van der Waals surface area (Å²) in [5.41, 5.74) is 1.13. The molecule has 4 rings (SSSR count). The number of aromatic amines is 1. The molecule has 0 aliphatic carbocycles. The molecule has 0 radical (unpaired) electrons. The van der Waals surface area contributed by atoms with E-state index in [-0.39, 0.29) is 11.6 Å². The Balaban J connectivity index is 2.08. The monoisotopic (exact) mass is 315 g/mol. The zero-order valence-corrected chi connectivity index (χ0v) is 12.5. The van der Waals surface area contributed by atoms with E-state index in [1.54, 1.807) is 23.0 Å². The summed E-state index contributed by atoms with van der Waals surface area (Å²) in [6.45, 7) is 0.930. The van der Waals surface area contributed by atoms with Crippen LogP contribution in [0.3, 0.4) is 0 Å². The molecule has 22 heavy (non-hydrogen) atoms. The van der Waals surface area contributed by atoms with Gasteiger partial charge in [-0.1, -0.05) is 17.7 Å². The standard InChI is InChI=1S/C15H14ClN5O/c16-10-3-1-4-11-13(10)15(22)21(9-7-18-19-8-9)14(20-11)12-5-2-6-17-12/h1,3-4,7-8,12,17H,2,5-6H2,(H,18,19). The number of hydrogen-bond donors (Lipinski definition) is 2. The zero-order chi connectivity index (χ0) is 15.1. The van der Waals surface area contributed by atoms with E-state index in [0.29, 0.717) is 27.4 Å². The second kappa shape index (κ2) is 5.23. The number of H-pyrrole nitrogens is 1. The number of fused-ring (bicyclic) bond motifs is 1. The number of aromatic nitrogens is 4. The lowest BCUT2D eigenvalue weighted by atomic mass is 10.1. The van der Waals surface area contributed by atoms with E-state index in [1.165, 1.54) is 0 Å². The van der Waals surface area contributed by atoms with Crippen molar-refractivity contribution in [2.24, 2.45) is 0 Å². The quantitative estimate of drug-likeness (QED) is 0.760. The summed E-state index contributed by atoms with van der Waals surface area (Å²) in [4.78, 5) is 17.7. The minimum atomic E-state index is -0.166. The highest BCUT2D eigenvalue weighted by molar-refractivity contribution is 6.35. The molecule has 1 aliphatic heterocycles. The molecule has 6 nitrogen and oxygen atoms in total. The average molecular weight is 316 g/mol. The van der Waals surface area contributed by atoms with Gasteiger partial charge in [0.2, 0.25) is 0 Å². The lowest BCUT2D eigenvalue weighted by Gasteiger charge is -2.17. The van der Waals surface area contributed by atoms with Crippen molar-refractivity contribution in [3.05, 3.63) is 51.8 Å². The predicted octanol–water partition coefficient (Wildman–Crippen LogP) is 2.19. The average Bonchev–Trinajstić information content (AvgIpc) is 3.20. The van der Waals surface area contributed by atoms with Crippen LogP contribution in [0.4, 0.5) is 0 Å². The van der Waals surface area contributed by atoms with Crippen LogP contribution in [-0.2, 0) is 0 Å². The maximum absolute atomic E-state index is 13.0. The molecule has 0 saturated carbocycles. The summed E-state index contributed by atoms with van der Waals surface area (Å²) in [6.07, 6.45) is 5.32. The van der Waals surface area contributed by atoms with Gasteiger partial charge in [0.05, 0.1) is 33.9 Å². The molecule has 1 saturated heterocycles. The first-order chi connectivity index (χ1) is 10.8. The van der Waals surface area contributed by atoms with Gasteiger partial charge in [-0.15, -0.1) is 0 Å². The first kappa shape index (κ1) is 13.5. The molecule has 1 unspecified atom stereocenters. The fraction of sp³-hybridized carbons (Fsp3) is 0.267. The summed E-state index contributed by atoms with van der Waals surface area (Å²) in [7, 11) is 0. The molecular formula is C15H14ClN5O. The fourth-order valence-electron chi connectivity index (χ4n) is 2.96. The second-order valence-electron chi connectivity index (χ2n) is 5.35. The van der Waals surface area contributed by atoms with Crippen molar-refractivity contribution in [3.63, 3.8) is 0 Å². The molecule has 7 heteroatoms. The van der Waals surface area contributed by atoms with E-state index in [2.05, 4.69) is 15.5 Å². The molecular weight excluding hydrogens is 302 g/mol. The van der Waals surface area contributed by atoms with E-state index < -0.39 is 0 Å². The predicted molar refractivity (Wildman–Crippen MR) is 84.5 cm³/mol. The molecule has 0 amide bonds. The molecule has 1 atom stereocenters. The van der Waals surface area contributed by atoms with Gasteiger partial charge in [-0.25, -0.2) is 4.98 Å². The van der Waals surface area contributed by atoms with Crippen molar-refractivity contribution in [1.82, 2.24) is 25.1 Å². The molecule has 1 aromatic carbocycles.